The first-order chi connectivity index (χ1) is 13.7. The third-order valence-corrected chi connectivity index (χ3v) is 6.29. The van der Waals surface area contributed by atoms with Gasteiger partial charge in [0.1, 0.15) is 0 Å². The van der Waals surface area contributed by atoms with Crippen LogP contribution in [0.3, 0.4) is 0 Å². The molecule has 0 aliphatic heterocycles. The number of benzene rings is 1. The molecule has 0 saturated heterocycles. The van der Waals surface area contributed by atoms with E-state index >= 15 is 0 Å². The summed E-state index contributed by atoms with van der Waals surface area (Å²) >= 11 is 1.34. The van der Waals surface area contributed by atoms with Crippen LogP contribution >= 0.6 is 11.3 Å². The van der Waals surface area contributed by atoms with E-state index < -0.39 is 17.8 Å². The predicted octanol–water partition coefficient (Wildman–Crippen LogP) is 4.06. The van der Waals surface area contributed by atoms with Gasteiger partial charge in [-0.2, -0.15) is 0 Å². The van der Waals surface area contributed by atoms with Gasteiger partial charge in [-0.15, -0.1) is 11.3 Å². The second-order valence-electron chi connectivity index (χ2n) is 8.32. The van der Waals surface area contributed by atoms with Crippen molar-refractivity contribution in [1.82, 2.24) is 4.98 Å². The number of carbonyl (C=O) groups excluding carboxylic acids is 2. The summed E-state index contributed by atoms with van der Waals surface area (Å²) in [4.78, 5) is 28.8. The minimum Gasteiger partial charge on any atom is -0.550 e. The molecule has 0 unspecified atom stereocenters. The molecule has 0 radical (unpaired) electrons. The van der Waals surface area contributed by atoms with E-state index in [1.807, 2.05) is 31.4 Å². The van der Waals surface area contributed by atoms with Gasteiger partial charge in [0.05, 0.1) is 11.6 Å². The quantitative estimate of drug-likeness (QED) is 0.727. The van der Waals surface area contributed by atoms with Crippen LogP contribution in [-0.4, -0.2) is 16.9 Å². The van der Waals surface area contributed by atoms with Crippen LogP contribution in [-0.2, 0) is 16.0 Å². The number of aliphatic carboxylic acids is 1. The average Bonchev–Trinajstić information content (AvgIpc) is 3.12. The number of rotatable bonds is 6. The number of carboxylic acids is 1. The highest BCUT2D eigenvalue weighted by Crippen LogP contribution is 2.35. The molecular weight excluding hydrogens is 384 g/mol. The second-order valence-corrected chi connectivity index (χ2v) is 9.18. The number of nitrogens with zero attached hydrogens (tertiary/aromatic N) is 1. The number of hydrogen-bond donors (Lipinski definition) is 1. The molecular formula is C23H27N2O3S-. The summed E-state index contributed by atoms with van der Waals surface area (Å²) in [6.45, 7) is 8.25. The summed E-state index contributed by atoms with van der Waals surface area (Å²) in [5.41, 5.74) is 5.18. The number of allylic oxidation sites excluding steroid dienone is 2. The van der Waals surface area contributed by atoms with Crippen LogP contribution in [0.25, 0.3) is 11.3 Å². The molecule has 0 spiro atoms. The molecule has 154 valence electrons. The van der Waals surface area contributed by atoms with E-state index in [0.29, 0.717) is 23.9 Å². The third-order valence-electron chi connectivity index (χ3n) is 5.53. The minimum atomic E-state index is -1.17. The monoisotopic (exact) mass is 411 g/mol. The first kappa shape index (κ1) is 21.2. The highest BCUT2D eigenvalue weighted by molar-refractivity contribution is 7.14. The Morgan fingerprint density at radius 1 is 1.14 bits per heavy atom. The normalized spacial score (nSPS) is 19.5. The smallest absolute Gasteiger partial charge is 0.230 e. The lowest BCUT2D eigenvalue weighted by Gasteiger charge is -2.32. The molecule has 1 aliphatic carbocycles. The molecule has 0 saturated carbocycles. The van der Waals surface area contributed by atoms with Gasteiger partial charge in [0.25, 0.3) is 0 Å². The fourth-order valence-corrected chi connectivity index (χ4v) is 4.48. The van der Waals surface area contributed by atoms with Gasteiger partial charge in [0.2, 0.25) is 5.91 Å². The van der Waals surface area contributed by atoms with Gasteiger partial charge < -0.3 is 15.2 Å². The van der Waals surface area contributed by atoms with Crippen molar-refractivity contribution in [3.8, 4) is 11.3 Å². The van der Waals surface area contributed by atoms with E-state index in [4.69, 9.17) is 0 Å². The van der Waals surface area contributed by atoms with Crippen molar-refractivity contribution in [3.63, 3.8) is 0 Å². The Morgan fingerprint density at radius 2 is 1.76 bits per heavy atom. The van der Waals surface area contributed by atoms with Crippen molar-refractivity contribution in [1.29, 1.82) is 0 Å². The minimum absolute atomic E-state index is 0.306. The number of carbonyl (C=O) groups is 2. The molecule has 1 aromatic heterocycles. The van der Waals surface area contributed by atoms with Crippen molar-refractivity contribution in [2.24, 2.45) is 17.8 Å². The fraction of sp³-hybridized carbons (Fsp3) is 0.435. The van der Waals surface area contributed by atoms with Crippen LogP contribution in [0.2, 0.25) is 0 Å². The lowest BCUT2D eigenvalue weighted by molar-refractivity contribution is -0.313. The number of amides is 1. The molecule has 0 bridgehead atoms. The topological polar surface area (TPSA) is 82.1 Å². The van der Waals surface area contributed by atoms with Gasteiger partial charge in [0, 0.05) is 22.8 Å². The summed E-state index contributed by atoms with van der Waals surface area (Å²) < 4.78 is 0. The van der Waals surface area contributed by atoms with Crippen LogP contribution in [0.5, 0.6) is 0 Å². The molecule has 1 heterocycles. The van der Waals surface area contributed by atoms with Gasteiger partial charge in [-0.3, -0.25) is 4.79 Å². The molecule has 1 aliphatic rings. The van der Waals surface area contributed by atoms with E-state index in [-0.39, 0.29) is 5.91 Å². The molecule has 2 atom stereocenters. The van der Waals surface area contributed by atoms with E-state index in [9.17, 15) is 14.7 Å². The maximum atomic E-state index is 12.8. The Morgan fingerprint density at radius 3 is 2.34 bits per heavy atom. The summed E-state index contributed by atoms with van der Waals surface area (Å²) in [6, 6.07) is 8.30. The average molecular weight is 412 g/mol. The summed E-state index contributed by atoms with van der Waals surface area (Å²) in [6.07, 6.45) is 1.83. The molecule has 3 rings (SSSR count). The molecule has 0 fully saturated rings. The zero-order valence-corrected chi connectivity index (χ0v) is 18.1. The van der Waals surface area contributed by atoms with E-state index in [1.165, 1.54) is 16.9 Å². The Hall–Kier alpha value is -2.47. The molecule has 1 N–H and O–H groups in total. The zero-order valence-electron chi connectivity index (χ0n) is 17.3. The first-order valence-electron chi connectivity index (χ1n) is 9.96. The number of carboxylic acid groups (broad SMARTS) is 1. The number of thiazole rings is 1. The van der Waals surface area contributed by atoms with Crippen molar-refractivity contribution >= 4 is 28.3 Å². The van der Waals surface area contributed by atoms with Gasteiger partial charge in [-0.25, -0.2) is 4.98 Å². The largest absolute Gasteiger partial charge is 0.550 e. The van der Waals surface area contributed by atoms with Crippen molar-refractivity contribution in [2.75, 3.05) is 5.32 Å². The van der Waals surface area contributed by atoms with Crippen LogP contribution < -0.4 is 10.4 Å². The van der Waals surface area contributed by atoms with E-state index in [2.05, 4.69) is 36.3 Å². The fourth-order valence-electron chi connectivity index (χ4n) is 3.76. The van der Waals surface area contributed by atoms with Crippen LogP contribution in [0.1, 0.15) is 46.1 Å². The van der Waals surface area contributed by atoms with Crippen LogP contribution in [0.15, 0.2) is 40.8 Å². The summed E-state index contributed by atoms with van der Waals surface area (Å²) in [5, 5.41) is 16.7. The Kier molecular flexibility index (Phi) is 6.52. The number of anilines is 1. The Bertz CT molecular complexity index is 928. The van der Waals surface area contributed by atoms with Gasteiger partial charge in [-0.1, -0.05) is 49.3 Å². The Balaban J connectivity index is 1.71. The molecule has 6 heteroatoms. The highest BCUT2D eigenvalue weighted by atomic mass is 32.1. The third kappa shape index (κ3) is 5.12. The van der Waals surface area contributed by atoms with Crippen LogP contribution in [0, 0.1) is 17.8 Å². The van der Waals surface area contributed by atoms with Gasteiger partial charge >= 0.3 is 0 Å². The molecule has 1 aromatic carbocycles. The van der Waals surface area contributed by atoms with Crippen LogP contribution in [0.4, 0.5) is 5.13 Å². The SMILES string of the molecule is CC1=C(C)C[C@H](C(=O)Nc2nc(-c3ccc(CC(C)C)cc3)cs2)[C@@H](C(=O)[O-])C1. The second kappa shape index (κ2) is 8.91. The number of aromatic nitrogens is 1. The summed E-state index contributed by atoms with van der Waals surface area (Å²) in [7, 11) is 0. The standard InChI is InChI=1S/C23H28N2O3S/c1-13(2)9-16-5-7-17(8-6-16)20-12-29-23(24-20)25-21(26)18-10-14(3)15(4)11-19(18)22(27)28/h5-8,12-13,18-19H,9-11H2,1-4H3,(H,27,28)(H,24,25,26)/p-1/t18-,19-/m0/s1. The predicted molar refractivity (Wildman–Crippen MR) is 114 cm³/mol. The molecule has 2 aromatic rings. The Labute approximate surface area is 175 Å². The van der Waals surface area contributed by atoms with Gasteiger partial charge in [0.15, 0.2) is 5.13 Å². The maximum absolute atomic E-state index is 12.8. The molecule has 1 amide bonds. The zero-order chi connectivity index (χ0) is 21.1. The highest BCUT2D eigenvalue weighted by Gasteiger charge is 2.33. The lowest BCUT2D eigenvalue weighted by atomic mass is 9.76. The van der Waals surface area contributed by atoms with Crippen molar-refractivity contribution < 1.29 is 14.7 Å². The van der Waals surface area contributed by atoms with E-state index in [0.717, 1.165) is 28.8 Å². The first-order valence-corrected chi connectivity index (χ1v) is 10.8. The molecule has 5 nitrogen and oxygen atoms in total. The van der Waals surface area contributed by atoms with Crippen molar-refractivity contribution in [3.05, 3.63) is 46.4 Å². The van der Waals surface area contributed by atoms with Crippen molar-refractivity contribution in [2.45, 2.75) is 47.0 Å². The number of hydrogen-bond acceptors (Lipinski definition) is 5. The summed E-state index contributed by atoms with van der Waals surface area (Å²) in [5.74, 6) is -2.30. The number of nitrogens with one attached hydrogen (secondary N) is 1. The van der Waals surface area contributed by atoms with Gasteiger partial charge in [-0.05, 0) is 44.6 Å². The molecule has 29 heavy (non-hydrogen) atoms. The van der Waals surface area contributed by atoms with E-state index in [1.54, 1.807) is 0 Å². The maximum Gasteiger partial charge on any atom is 0.230 e. The lowest BCUT2D eigenvalue weighted by Crippen LogP contribution is -2.42.